The van der Waals surface area contributed by atoms with Crippen LogP contribution in [0.2, 0.25) is 0 Å². The summed E-state index contributed by atoms with van der Waals surface area (Å²) in [4.78, 5) is 31.0. The van der Waals surface area contributed by atoms with Crippen molar-refractivity contribution in [1.29, 1.82) is 0 Å². The molecule has 2 aromatic rings. The Bertz CT molecular complexity index is 587. The lowest BCUT2D eigenvalue weighted by molar-refractivity contribution is 0.225. The number of hydrogen-bond donors (Lipinski definition) is 6. The van der Waals surface area contributed by atoms with Crippen molar-refractivity contribution >= 4 is 15.6 Å². The van der Waals surface area contributed by atoms with E-state index in [9.17, 15) is 9.13 Å². The van der Waals surface area contributed by atoms with Crippen LogP contribution in [0.25, 0.3) is 0 Å². The zero-order valence-corrected chi connectivity index (χ0v) is 13.4. The van der Waals surface area contributed by atoms with Gasteiger partial charge in [0.15, 0.2) is 0 Å². The van der Waals surface area contributed by atoms with Gasteiger partial charge in [-0.05, 0) is 12.1 Å². The molecule has 0 unspecified atom stereocenters. The average molecular weight is 366 g/mol. The molecule has 0 saturated carbocycles. The Hall–Kier alpha value is -1.70. The molecule has 6 N–H and O–H groups in total. The fourth-order valence-corrected chi connectivity index (χ4v) is 2.12. The Morgan fingerprint density at radius 3 is 1.09 bits per heavy atom. The number of phenols is 2. The second kappa shape index (κ2) is 10.1. The lowest BCUT2D eigenvalue weighted by Crippen LogP contribution is -1.84. The topological polar surface area (TPSA) is 165 Å². The van der Waals surface area contributed by atoms with Crippen LogP contribution in [0.15, 0.2) is 60.7 Å². The van der Waals surface area contributed by atoms with E-state index < -0.39 is 15.6 Å². The van der Waals surface area contributed by atoms with E-state index in [0.29, 0.717) is 0 Å². The first-order valence-corrected chi connectivity index (χ1v) is 8.86. The van der Waals surface area contributed by atoms with Crippen molar-refractivity contribution < 1.29 is 43.2 Å². The van der Waals surface area contributed by atoms with Gasteiger partial charge in [0, 0.05) is 6.07 Å². The minimum Gasteiger partial charge on any atom is -0.508 e. The Morgan fingerprint density at radius 1 is 0.652 bits per heavy atom. The molecule has 128 valence electrons. The van der Waals surface area contributed by atoms with Gasteiger partial charge >= 0.3 is 15.6 Å². The fraction of sp³-hybridized carbons (Fsp3) is 0. The quantitative estimate of drug-likeness (QED) is 0.436. The highest BCUT2D eigenvalue weighted by Gasteiger charge is 2.27. The molecule has 9 nitrogen and oxygen atoms in total. The second-order valence-electron chi connectivity index (χ2n) is 3.74. The molecule has 0 atom stereocenters. The highest BCUT2D eigenvalue weighted by Crippen LogP contribution is 2.53. The molecule has 0 amide bonds. The molecule has 0 aromatic heterocycles. The lowest BCUT2D eigenvalue weighted by atomic mass is 10.3. The smallest absolute Gasteiger partial charge is 0.478 e. The van der Waals surface area contributed by atoms with Crippen LogP contribution in [0.4, 0.5) is 0 Å². The number of hydrogen-bond acceptors (Lipinski definition) is 5. The number of benzene rings is 2. The number of phenolic OH excluding ortho intramolecular Hbond substituents is 2. The van der Waals surface area contributed by atoms with Crippen LogP contribution >= 0.6 is 15.6 Å². The van der Waals surface area contributed by atoms with Gasteiger partial charge in [-0.25, -0.2) is 9.13 Å². The maximum Gasteiger partial charge on any atom is 0.478 e. The van der Waals surface area contributed by atoms with Crippen molar-refractivity contribution in [3.05, 3.63) is 60.7 Å². The summed E-state index contributed by atoms with van der Waals surface area (Å²) in [6.45, 7) is 0. The first kappa shape index (κ1) is 21.3. The largest absolute Gasteiger partial charge is 0.508 e. The van der Waals surface area contributed by atoms with E-state index in [-0.39, 0.29) is 11.5 Å². The van der Waals surface area contributed by atoms with E-state index in [2.05, 4.69) is 4.31 Å². The summed E-state index contributed by atoms with van der Waals surface area (Å²) in [5.41, 5.74) is 0. The van der Waals surface area contributed by atoms with Crippen molar-refractivity contribution in [1.82, 2.24) is 0 Å². The van der Waals surface area contributed by atoms with Gasteiger partial charge in [-0.15, -0.1) is 0 Å². The van der Waals surface area contributed by atoms with Crippen LogP contribution in [-0.2, 0) is 13.4 Å². The number of phosphoric acid groups is 2. The molecule has 0 aliphatic carbocycles. The van der Waals surface area contributed by atoms with Crippen LogP contribution in [0, 0.1) is 0 Å². The molecule has 0 spiro atoms. The van der Waals surface area contributed by atoms with E-state index in [1.165, 1.54) is 18.2 Å². The van der Waals surface area contributed by atoms with E-state index >= 15 is 0 Å². The van der Waals surface area contributed by atoms with Crippen LogP contribution in [0.1, 0.15) is 0 Å². The SMILES string of the molecule is O=P(O)(O)OP(=O)(O)O.Oc1cccc(O)c1.c1ccccc1. The first-order valence-electron chi connectivity index (χ1n) is 5.80. The maximum atomic E-state index is 9.63. The van der Waals surface area contributed by atoms with E-state index in [0.717, 1.165) is 0 Å². The van der Waals surface area contributed by atoms with Crippen molar-refractivity contribution in [3.8, 4) is 11.5 Å². The predicted octanol–water partition coefficient (Wildman–Crippen LogP) is 1.97. The van der Waals surface area contributed by atoms with E-state index in [1.54, 1.807) is 6.07 Å². The minimum absolute atomic E-state index is 0.0880. The summed E-state index contributed by atoms with van der Waals surface area (Å²) in [7, 11) is -10.1. The molecule has 0 radical (unpaired) electrons. The van der Waals surface area contributed by atoms with Crippen LogP contribution in [0.3, 0.4) is 0 Å². The average Bonchev–Trinajstić information content (AvgIpc) is 2.37. The Labute approximate surface area is 131 Å². The number of aromatic hydroxyl groups is 2. The van der Waals surface area contributed by atoms with Crippen molar-refractivity contribution in [2.24, 2.45) is 0 Å². The summed E-state index contributed by atoms with van der Waals surface area (Å²) >= 11 is 0. The minimum atomic E-state index is -5.05. The third-order valence-corrected chi connectivity index (χ3v) is 3.41. The molecule has 0 bridgehead atoms. The van der Waals surface area contributed by atoms with E-state index in [4.69, 9.17) is 29.8 Å². The van der Waals surface area contributed by atoms with Gasteiger partial charge in [0.05, 0.1) is 0 Å². The molecule has 23 heavy (non-hydrogen) atoms. The Kier molecular flexibility index (Phi) is 9.40. The monoisotopic (exact) mass is 366 g/mol. The van der Waals surface area contributed by atoms with Gasteiger partial charge < -0.3 is 29.8 Å². The first-order chi connectivity index (χ1) is 10.5. The standard InChI is InChI=1S/C6H6O2.C6H6.H4O7P2/c7-5-2-1-3-6(8)4-5;1-2-4-6-5-3-1;1-8(2,3)7-9(4,5)6/h1-4,7-8H;1-6H;(H2,1,2,3)(H2,4,5,6). The van der Waals surface area contributed by atoms with Gasteiger partial charge in [0.25, 0.3) is 0 Å². The normalized spacial score (nSPS) is 10.6. The van der Waals surface area contributed by atoms with Crippen LogP contribution in [-0.4, -0.2) is 29.8 Å². The van der Waals surface area contributed by atoms with Gasteiger partial charge in [-0.1, -0.05) is 42.5 Å². The molecule has 2 aromatic carbocycles. The maximum absolute atomic E-state index is 9.63. The van der Waals surface area contributed by atoms with E-state index in [1.807, 2.05) is 36.4 Å². The van der Waals surface area contributed by atoms with Crippen molar-refractivity contribution in [2.45, 2.75) is 0 Å². The highest BCUT2D eigenvalue weighted by molar-refractivity contribution is 7.60. The van der Waals surface area contributed by atoms with Gasteiger partial charge in [-0.2, -0.15) is 4.31 Å². The zero-order chi connectivity index (χ0) is 17.9. The lowest BCUT2D eigenvalue weighted by Gasteiger charge is -2.03. The third-order valence-electron chi connectivity index (χ3n) is 1.71. The fourth-order valence-electron chi connectivity index (χ4n) is 1.02. The van der Waals surface area contributed by atoms with Gasteiger partial charge in [0.1, 0.15) is 11.5 Å². The molecule has 0 fully saturated rings. The Morgan fingerprint density at radius 2 is 0.957 bits per heavy atom. The van der Waals surface area contributed by atoms with Crippen LogP contribution in [0.5, 0.6) is 11.5 Å². The molecule has 0 heterocycles. The molecular weight excluding hydrogens is 350 g/mol. The third kappa shape index (κ3) is 16.5. The zero-order valence-electron chi connectivity index (χ0n) is 11.6. The van der Waals surface area contributed by atoms with Gasteiger partial charge in [0.2, 0.25) is 0 Å². The summed E-state index contributed by atoms with van der Waals surface area (Å²) in [6, 6.07) is 17.9. The van der Waals surface area contributed by atoms with Crippen molar-refractivity contribution in [3.63, 3.8) is 0 Å². The summed E-state index contributed by atoms with van der Waals surface area (Å²) in [6.07, 6.45) is 0. The second-order valence-corrected chi connectivity index (χ2v) is 6.35. The molecule has 2 rings (SSSR count). The highest BCUT2D eigenvalue weighted by atomic mass is 31.3. The number of rotatable bonds is 2. The summed E-state index contributed by atoms with van der Waals surface area (Å²) in [5, 5.41) is 17.3. The molecule has 0 saturated heterocycles. The predicted molar refractivity (Wildman–Crippen MR) is 81.4 cm³/mol. The Balaban J connectivity index is 0.000000321. The van der Waals surface area contributed by atoms with Crippen molar-refractivity contribution in [2.75, 3.05) is 0 Å². The molecule has 11 heteroatoms. The van der Waals surface area contributed by atoms with Gasteiger partial charge in [-0.3, -0.25) is 0 Å². The molecule has 0 aliphatic heterocycles. The molecular formula is C12H16O9P2. The summed E-state index contributed by atoms with van der Waals surface area (Å²) < 4.78 is 22.2. The molecule has 0 aliphatic rings. The summed E-state index contributed by atoms with van der Waals surface area (Å²) in [5.74, 6) is 0.176. The van der Waals surface area contributed by atoms with Crippen LogP contribution < -0.4 is 0 Å².